The number of amides is 2. The minimum absolute atomic E-state index is 0.136. The summed E-state index contributed by atoms with van der Waals surface area (Å²) in [7, 11) is -1.53. The Kier molecular flexibility index (Phi) is 12.2. The number of ether oxygens (including phenoxy) is 3. The molecule has 0 unspecified atom stereocenters. The number of nitrogens with one attached hydrogen (secondary N) is 1. The Hall–Kier alpha value is -3.67. The number of methoxy groups -OCH3 is 2. The zero-order valence-corrected chi connectivity index (χ0v) is 27.8. The van der Waals surface area contributed by atoms with E-state index in [4.69, 9.17) is 37.4 Å². The van der Waals surface area contributed by atoms with Crippen LogP contribution in [0.2, 0.25) is 10.0 Å². The summed E-state index contributed by atoms with van der Waals surface area (Å²) in [6.07, 6.45) is 0. The highest BCUT2D eigenvalue weighted by Crippen LogP contribution is 2.33. The number of carbonyl (C=O) groups is 2. The lowest BCUT2D eigenvalue weighted by Crippen LogP contribution is -2.52. The van der Waals surface area contributed by atoms with Crippen LogP contribution in [0, 0.1) is 0 Å². The van der Waals surface area contributed by atoms with E-state index < -0.39 is 34.4 Å². The molecule has 3 aromatic rings. The van der Waals surface area contributed by atoms with Crippen LogP contribution in [0.3, 0.4) is 0 Å². The predicted molar refractivity (Wildman–Crippen MR) is 171 cm³/mol. The summed E-state index contributed by atoms with van der Waals surface area (Å²) < 4.78 is 45.5. The van der Waals surface area contributed by atoms with Gasteiger partial charge in [0.15, 0.2) is 11.5 Å². The quantitative estimate of drug-likeness (QED) is 0.240. The molecule has 13 heteroatoms. The Morgan fingerprint density at radius 3 is 2.07 bits per heavy atom. The van der Waals surface area contributed by atoms with E-state index in [9.17, 15) is 18.0 Å². The maximum Gasteiger partial charge on any atom is 0.264 e. The van der Waals surface area contributed by atoms with Crippen LogP contribution in [0.1, 0.15) is 33.3 Å². The van der Waals surface area contributed by atoms with Crippen LogP contribution in [0.25, 0.3) is 0 Å². The van der Waals surface area contributed by atoms with Gasteiger partial charge < -0.3 is 24.4 Å². The van der Waals surface area contributed by atoms with E-state index in [1.54, 1.807) is 63.2 Å². The first-order chi connectivity index (χ1) is 20.8. The maximum atomic E-state index is 14.2. The fourth-order valence-corrected chi connectivity index (χ4v) is 6.30. The van der Waals surface area contributed by atoms with Gasteiger partial charge in [-0.15, -0.1) is 0 Å². The number of hydrogen-bond acceptors (Lipinski definition) is 7. The van der Waals surface area contributed by atoms with Gasteiger partial charge in [0.2, 0.25) is 11.8 Å². The molecule has 0 fully saturated rings. The van der Waals surface area contributed by atoms with Gasteiger partial charge in [-0.3, -0.25) is 13.9 Å². The molecule has 0 aromatic heterocycles. The third-order valence-electron chi connectivity index (χ3n) is 6.65. The molecule has 44 heavy (non-hydrogen) atoms. The number of anilines is 1. The lowest BCUT2D eigenvalue weighted by atomic mass is 10.1. The monoisotopic (exact) mass is 665 g/mol. The van der Waals surface area contributed by atoms with Crippen LogP contribution in [-0.4, -0.2) is 64.6 Å². The van der Waals surface area contributed by atoms with Gasteiger partial charge in [0.05, 0.1) is 31.4 Å². The molecule has 0 saturated heterocycles. The van der Waals surface area contributed by atoms with Gasteiger partial charge in [0.1, 0.15) is 18.3 Å². The van der Waals surface area contributed by atoms with Crippen molar-refractivity contribution >= 4 is 50.7 Å². The average molecular weight is 667 g/mol. The molecule has 0 spiro atoms. The number of rotatable bonds is 14. The molecule has 3 aromatic carbocycles. The predicted octanol–water partition coefficient (Wildman–Crippen LogP) is 5.55. The van der Waals surface area contributed by atoms with E-state index in [0.717, 1.165) is 4.31 Å². The molecule has 0 aliphatic carbocycles. The average Bonchev–Trinajstić information content (AvgIpc) is 2.99. The van der Waals surface area contributed by atoms with E-state index in [1.807, 2.05) is 6.92 Å². The van der Waals surface area contributed by atoms with Gasteiger partial charge in [0, 0.05) is 34.3 Å². The van der Waals surface area contributed by atoms with E-state index >= 15 is 0 Å². The van der Waals surface area contributed by atoms with E-state index in [-0.39, 0.29) is 28.9 Å². The second-order valence-electron chi connectivity index (χ2n) is 10.0. The van der Waals surface area contributed by atoms with Crippen molar-refractivity contribution in [3.05, 3.63) is 76.3 Å². The van der Waals surface area contributed by atoms with Gasteiger partial charge in [-0.25, -0.2) is 8.42 Å². The number of hydrogen-bond donors (Lipinski definition) is 1. The molecule has 2 amide bonds. The third-order valence-corrected chi connectivity index (χ3v) is 9.12. The van der Waals surface area contributed by atoms with Crippen LogP contribution in [0.4, 0.5) is 5.69 Å². The van der Waals surface area contributed by atoms with Crippen LogP contribution in [0.15, 0.2) is 65.6 Å². The van der Waals surface area contributed by atoms with Crippen molar-refractivity contribution in [2.45, 2.75) is 51.2 Å². The van der Waals surface area contributed by atoms with Crippen molar-refractivity contribution in [1.29, 1.82) is 0 Å². The molecule has 0 bridgehead atoms. The standard InChI is InChI=1S/C31H37Cl2N3O7S/c1-7-43-23-13-11-22(12-14-23)36(44(39,40)24-15-16-28(41-5)29(17-24)42-6)19-30(37)35(21(4)31(38)34-20(2)3)18-25-26(32)9-8-10-27(25)33/h8-17,20-21H,7,18-19H2,1-6H3,(H,34,38)/t21-/m0/s1. The summed E-state index contributed by atoms with van der Waals surface area (Å²) in [5.41, 5.74) is 0.621. The van der Waals surface area contributed by atoms with Gasteiger partial charge >= 0.3 is 0 Å². The summed E-state index contributed by atoms with van der Waals surface area (Å²) in [5, 5.41) is 3.40. The van der Waals surface area contributed by atoms with Crippen molar-refractivity contribution in [3.8, 4) is 17.2 Å². The molecule has 10 nitrogen and oxygen atoms in total. The van der Waals surface area contributed by atoms with E-state index in [0.29, 0.717) is 33.7 Å². The Bertz CT molecular complexity index is 1550. The third kappa shape index (κ3) is 8.28. The fourth-order valence-electron chi connectivity index (χ4n) is 4.35. The lowest BCUT2D eigenvalue weighted by molar-refractivity contribution is -0.139. The van der Waals surface area contributed by atoms with Crippen LogP contribution in [-0.2, 0) is 26.2 Å². The minimum atomic E-state index is -4.36. The van der Waals surface area contributed by atoms with Crippen LogP contribution in [0.5, 0.6) is 17.2 Å². The highest BCUT2D eigenvalue weighted by Gasteiger charge is 2.33. The molecule has 0 heterocycles. The number of carbonyl (C=O) groups excluding carboxylic acids is 2. The second kappa shape index (κ2) is 15.4. The largest absolute Gasteiger partial charge is 0.494 e. The molecule has 1 atom stereocenters. The van der Waals surface area contributed by atoms with Crippen molar-refractivity contribution in [2.24, 2.45) is 0 Å². The summed E-state index contributed by atoms with van der Waals surface area (Å²) in [5.74, 6) is -0.0272. The molecule has 0 aliphatic rings. The second-order valence-corrected chi connectivity index (χ2v) is 12.7. The molecule has 0 radical (unpaired) electrons. The Morgan fingerprint density at radius 2 is 1.52 bits per heavy atom. The first-order valence-corrected chi connectivity index (χ1v) is 16.0. The lowest BCUT2D eigenvalue weighted by Gasteiger charge is -2.32. The molecule has 0 aliphatic heterocycles. The SMILES string of the molecule is CCOc1ccc(N(CC(=O)N(Cc2c(Cl)cccc2Cl)[C@@H](C)C(=O)NC(C)C)S(=O)(=O)c2ccc(OC)c(OC)c2)cc1. The van der Waals surface area contributed by atoms with Gasteiger partial charge in [-0.05, 0) is 76.2 Å². The Morgan fingerprint density at radius 1 is 0.909 bits per heavy atom. The highest BCUT2D eigenvalue weighted by atomic mass is 35.5. The Balaban J connectivity index is 2.12. The molecule has 0 saturated carbocycles. The van der Waals surface area contributed by atoms with E-state index in [1.165, 1.54) is 37.3 Å². The normalized spacial score (nSPS) is 11.9. The van der Waals surface area contributed by atoms with Crippen molar-refractivity contribution < 1.29 is 32.2 Å². The topological polar surface area (TPSA) is 114 Å². The maximum absolute atomic E-state index is 14.2. The van der Waals surface area contributed by atoms with E-state index in [2.05, 4.69) is 5.32 Å². The fraction of sp³-hybridized carbons (Fsp3) is 0.355. The van der Waals surface area contributed by atoms with Gasteiger partial charge in [0.25, 0.3) is 10.0 Å². The summed E-state index contributed by atoms with van der Waals surface area (Å²) in [6, 6.07) is 14.2. The number of nitrogens with zero attached hydrogens (tertiary/aromatic N) is 2. The smallest absolute Gasteiger partial charge is 0.264 e. The van der Waals surface area contributed by atoms with Crippen molar-refractivity contribution in [2.75, 3.05) is 31.7 Å². The molecular formula is C31H37Cl2N3O7S. The molecule has 238 valence electrons. The number of halogens is 2. The first kappa shape index (κ1) is 34.8. The molecule has 3 rings (SSSR count). The van der Waals surface area contributed by atoms with Crippen LogP contribution < -0.4 is 23.8 Å². The molecular weight excluding hydrogens is 629 g/mol. The summed E-state index contributed by atoms with van der Waals surface area (Å²) in [4.78, 5) is 28.4. The summed E-state index contributed by atoms with van der Waals surface area (Å²) >= 11 is 12.9. The van der Waals surface area contributed by atoms with Gasteiger partial charge in [-0.1, -0.05) is 29.3 Å². The number of sulfonamides is 1. The summed E-state index contributed by atoms with van der Waals surface area (Å²) in [6.45, 7) is 6.61. The number of benzene rings is 3. The van der Waals surface area contributed by atoms with Crippen molar-refractivity contribution in [3.63, 3.8) is 0 Å². The van der Waals surface area contributed by atoms with Crippen molar-refractivity contribution in [1.82, 2.24) is 10.2 Å². The molecule has 1 N–H and O–H groups in total. The Labute approximate surface area is 268 Å². The highest BCUT2D eigenvalue weighted by molar-refractivity contribution is 7.92. The van der Waals surface area contributed by atoms with Crippen LogP contribution >= 0.6 is 23.2 Å². The first-order valence-electron chi connectivity index (χ1n) is 13.8. The van der Waals surface area contributed by atoms with Gasteiger partial charge in [-0.2, -0.15) is 0 Å². The zero-order chi connectivity index (χ0) is 32.6. The zero-order valence-electron chi connectivity index (χ0n) is 25.5. The minimum Gasteiger partial charge on any atom is -0.494 e.